The number of amides is 1. The lowest BCUT2D eigenvalue weighted by molar-refractivity contribution is -0.123. The molecule has 0 saturated carbocycles. The fraction of sp³-hybridized carbons (Fsp3) is 0.267. The van der Waals surface area contributed by atoms with Crippen LogP contribution < -0.4 is 10.6 Å². The maximum atomic E-state index is 12.2. The van der Waals surface area contributed by atoms with E-state index in [0.717, 1.165) is 0 Å². The summed E-state index contributed by atoms with van der Waals surface area (Å²) in [6.45, 7) is 3.22. The van der Waals surface area contributed by atoms with Crippen LogP contribution in [-0.2, 0) is 9.53 Å². The summed E-state index contributed by atoms with van der Waals surface area (Å²) in [7, 11) is 1.69. The Balaban J connectivity index is 2.03. The summed E-state index contributed by atoms with van der Waals surface area (Å²) in [5.74, 6) is -1.03. The van der Waals surface area contributed by atoms with Gasteiger partial charge in [-0.2, -0.15) is 4.37 Å². The van der Waals surface area contributed by atoms with Crippen molar-refractivity contribution < 1.29 is 14.3 Å². The molecular weight excluding hydrogens is 338 g/mol. The van der Waals surface area contributed by atoms with Crippen molar-refractivity contribution in [1.82, 2.24) is 4.37 Å². The number of nitrogens with zero attached hydrogens (tertiary/aromatic N) is 1. The zero-order valence-electron chi connectivity index (χ0n) is 12.8. The summed E-state index contributed by atoms with van der Waals surface area (Å²) in [6, 6.07) is 6.73. The molecule has 0 bridgehead atoms. The van der Waals surface area contributed by atoms with Crippen LogP contribution in [0.1, 0.15) is 23.0 Å². The fourth-order valence-electron chi connectivity index (χ4n) is 1.86. The minimum atomic E-state index is -0.953. The highest BCUT2D eigenvalue weighted by atomic mass is 35.5. The molecule has 1 heterocycles. The lowest BCUT2D eigenvalue weighted by Gasteiger charge is -2.14. The average Bonchev–Trinajstić information content (AvgIpc) is 2.88. The van der Waals surface area contributed by atoms with Crippen LogP contribution in [0.4, 0.5) is 10.7 Å². The summed E-state index contributed by atoms with van der Waals surface area (Å²) < 4.78 is 9.33. The summed E-state index contributed by atoms with van der Waals surface area (Å²) >= 11 is 7.03. The van der Waals surface area contributed by atoms with Crippen LogP contribution in [0.3, 0.4) is 0 Å². The fourth-order valence-corrected chi connectivity index (χ4v) is 2.79. The number of hydrogen-bond acceptors (Lipinski definition) is 6. The molecule has 8 heteroatoms. The maximum Gasteiger partial charge on any atom is 0.343 e. The van der Waals surface area contributed by atoms with E-state index in [0.29, 0.717) is 27.0 Å². The van der Waals surface area contributed by atoms with E-state index in [1.807, 2.05) is 0 Å². The molecule has 0 aliphatic carbocycles. The second-order valence-electron chi connectivity index (χ2n) is 4.77. The molecule has 0 fully saturated rings. The third-order valence-corrected chi connectivity index (χ3v) is 4.23. The molecule has 2 aromatic rings. The molecule has 1 amide bonds. The third-order valence-electron chi connectivity index (χ3n) is 3.04. The number of nitrogens with one attached hydrogen (secondary N) is 2. The van der Waals surface area contributed by atoms with Crippen molar-refractivity contribution in [3.05, 3.63) is 40.5 Å². The first-order chi connectivity index (χ1) is 10.9. The van der Waals surface area contributed by atoms with Crippen LogP contribution in [-0.4, -0.2) is 29.4 Å². The Hall–Kier alpha value is -2.12. The lowest BCUT2D eigenvalue weighted by Crippen LogP contribution is -2.30. The van der Waals surface area contributed by atoms with E-state index in [2.05, 4.69) is 15.0 Å². The number of ether oxygens (including phenoxy) is 1. The van der Waals surface area contributed by atoms with E-state index in [-0.39, 0.29) is 0 Å². The van der Waals surface area contributed by atoms with Crippen LogP contribution >= 0.6 is 23.1 Å². The molecule has 2 rings (SSSR count). The first kappa shape index (κ1) is 17.2. The van der Waals surface area contributed by atoms with Crippen LogP contribution in [0.25, 0.3) is 0 Å². The molecule has 0 unspecified atom stereocenters. The molecule has 2 N–H and O–H groups in total. The summed E-state index contributed by atoms with van der Waals surface area (Å²) in [5, 5.41) is 6.65. The largest absolute Gasteiger partial charge is 0.449 e. The van der Waals surface area contributed by atoms with E-state index in [1.54, 1.807) is 38.2 Å². The maximum absolute atomic E-state index is 12.2. The summed E-state index contributed by atoms with van der Waals surface area (Å²) in [6.07, 6.45) is -0.953. The Morgan fingerprint density at radius 2 is 2.13 bits per heavy atom. The number of rotatable bonds is 5. The number of anilines is 2. The van der Waals surface area contributed by atoms with E-state index < -0.39 is 18.0 Å². The topological polar surface area (TPSA) is 80.3 Å². The molecule has 0 aliphatic heterocycles. The van der Waals surface area contributed by atoms with Gasteiger partial charge in [0.15, 0.2) is 6.10 Å². The van der Waals surface area contributed by atoms with Crippen molar-refractivity contribution in [3.63, 3.8) is 0 Å². The average molecular weight is 354 g/mol. The van der Waals surface area contributed by atoms with Gasteiger partial charge in [0.25, 0.3) is 5.91 Å². The van der Waals surface area contributed by atoms with Gasteiger partial charge >= 0.3 is 5.97 Å². The number of halogens is 1. The quantitative estimate of drug-likeness (QED) is 0.806. The molecule has 0 spiro atoms. The van der Waals surface area contributed by atoms with Gasteiger partial charge < -0.3 is 15.4 Å². The normalized spacial score (nSPS) is 11.7. The number of aryl methyl sites for hydroxylation is 1. The molecule has 1 atom stereocenters. The highest BCUT2D eigenvalue weighted by Crippen LogP contribution is 2.25. The number of carbonyl (C=O) groups excluding carboxylic acids is 2. The molecule has 0 saturated heterocycles. The van der Waals surface area contributed by atoms with Crippen molar-refractivity contribution in [1.29, 1.82) is 0 Å². The van der Waals surface area contributed by atoms with Crippen LogP contribution in [0.2, 0.25) is 5.02 Å². The third kappa shape index (κ3) is 4.20. The number of aromatic nitrogens is 1. The standard InChI is InChI=1S/C15H16ClN3O3S/c1-8-12(14(17-3)23-19-8)15(21)22-9(2)13(20)18-11-6-4-5-10(16)7-11/h4-7,9,17H,1-3H3,(H,18,20)/t9-/m1/s1. The highest BCUT2D eigenvalue weighted by molar-refractivity contribution is 7.10. The van der Waals surface area contributed by atoms with Crippen LogP contribution in [0.15, 0.2) is 24.3 Å². The van der Waals surface area contributed by atoms with Crippen LogP contribution in [0, 0.1) is 6.92 Å². The lowest BCUT2D eigenvalue weighted by atomic mass is 10.2. The minimum absolute atomic E-state index is 0.347. The van der Waals surface area contributed by atoms with Crippen LogP contribution in [0.5, 0.6) is 0 Å². The van der Waals surface area contributed by atoms with Gasteiger partial charge in [-0.1, -0.05) is 17.7 Å². The second-order valence-corrected chi connectivity index (χ2v) is 5.98. The highest BCUT2D eigenvalue weighted by Gasteiger charge is 2.24. The Morgan fingerprint density at radius 3 is 2.78 bits per heavy atom. The first-order valence-electron chi connectivity index (χ1n) is 6.83. The Kier molecular flexibility index (Phi) is 5.57. The zero-order chi connectivity index (χ0) is 17.0. The SMILES string of the molecule is CNc1snc(C)c1C(=O)O[C@H](C)C(=O)Nc1cccc(Cl)c1. The van der Waals surface area contributed by atoms with Crippen molar-refractivity contribution in [2.75, 3.05) is 17.7 Å². The Labute approximate surface area is 143 Å². The van der Waals surface area contributed by atoms with Gasteiger partial charge in [-0.05, 0) is 43.6 Å². The van der Waals surface area contributed by atoms with Crippen molar-refractivity contribution >= 4 is 45.7 Å². The first-order valence-corrected chi connectivity index (χ1v) is 7.99. The van der Waals surface area contributed by atoms with Gasteiger partial charge in [0.1, 0.15) is 10.6 Å². The monoisotopic (exact) mass is 353 g/mol. The number of carbonyl (C=O) groups is 2. The molecule has 122 valence electrons. The molecule has 6 nitrogen and oxygen atoms in total. The van der Waals surface area contributed by atoms with Gasteiger partial charge in [0.2, 0.25) is 0 Å². The van der Waals surface area contributed by atoms with Crippen molar-refractivity contribution in [2.24, 2.45) is 0 Å². The molecule has 0 radical (unpaired) electrons. The number of esters is 1. The van der Waals surface area contributed by atoms with Gasteiger partial charge in [0, 0.05) is 17.8 Å². The van der Waals surface area contributed by atoms with E-state index in [1.165, 1.54) is 18.5 Å². The predicted octanol–water partition coefficient (Wildman–Crippen LogP) is 3.33. The Morgan fingerprint density at radius 1 is 1.39 bits per heavy atom. The smallest absolute Gasteiger partial charge is 0.343 e. The molecular formula is C15H16ClN3O3S. The van der Waals surface area contributed by atoms with Crippen molar-refractivity contribution in [2.45, 2.75) is 20.0 Å². The van der Waals surface area contributed by atoms with Gasteiger partial charge in [-0.25, -0.2) is 4.79 Å². The van der Waals surface area contributed by atoms with Crippen molar-refractivity contribution in [3.8, 4) is 0 Å². The van der Waals surface area contributed by atoms with E-state index >= 15 is 0 Å². The minimum Gasteiger partial charge on any atom is -0.449 e. The van der Waals surface area contributed by atoms with E-state index in [9.17, 15) is 9.59 Å². The van der Waals surface area contributed by atoms with E-state index in [4.69, 9.17) is 16.3 Å². The molecule has 1 aromatic carbocycles. The Bertz CT molecular complexity index is 733. The number of benzene rings is 1. The number of hydrogen-bond donors (Lipinski definition) is 2. The summed E-state index contributed by atoms with van der Waals surface area (Å²) in [4.78, 5) is 24.3. The second kappa shape index (κ2) is 7.43. The zero-order valence-corrected chi connectivity index (χ0v) is 14.4. The predicted molar refractivity (Wildman–Crippen MR) is 91.4 cm³/mol. The van der Waals surface area contributed by atoms with Gasteiger partial charge in [-0.3, -0.25) is 4.79 Å². The van der Waals surface area contributed by atoms with Gasteiger partial charge in [0.05, 0.1) is 5.69 Å². The molecule has 1 aromatic heterocycles. The molecule has 0 aliphatic rings. The summed E-state index contributed by atoms with van der Waals surface area (Å²) in [5.41, 5.74) is 1.45. The molecule has 23 heavy (non-hydrogen) atoms. The van der Waals surface area contributed by atoms with Gasteiger partial charge in [-0.15, -0.1) is 0 Å².